The lowest BCUT2D eigenvalue weighted by atomic mass is 9.46. The minimum absolute atomic E-state index is 0.0150. The Balaban J connectivity index is 1.69. The summed E-state index contributed by atoms with van der Waals surface area (Å²) >= 11 is 0. The lowest BCUT2D eigenvalue weighted by molar-refractivity contribution is -0.169. The van der Waals surface area contributed by atoms with Crippen molar-refractivity contribution in [2.45, 2.75) is 58.0 Å². The number of allylic oxidation sites excluding steroid dienone is 4. The van der Waals surface area contributed by atoms with Gasteiger partial charge in [0.1, 0.15) is 17.8 Å². The van der Waals surface area contributed by atoms with Crippen molar-refractivity contribution in [1.82, 2.24) is 0 Å². The Morgan fingerprint density at radius 3 is 2.66 bits per heavy atom. The Morgan fingerprint density at radius 2 is 1.97 bits per heavy atom. The van der Waals surface area contributed by atoms with Gasteiger partial charge in [0, 0.05) is 23.2 Å². The number of ether oxygens (including phenoxy) is 1. The fourth-order valence-electron chi connectivity index (χ4n) is 6.84. The Hall–Kier alpha value is -2.08. The monoisotopic (exact) mass is 400 g/mol. The third kappa shape index (κ3) is 2.64. The van der Waals surface area contributed by atoms with Gasteiger partial charge in [-0.1, -0.05) is 25.5 Å². The van der Waals surface area contributed by atoms with Crippen molar-refractivity contribution in [2.24, 2.45) is 28.6 Å². The quantitative estimate of drug-likeness (QED) is 0.577. The van der Waals surface area contributed by atoms with Crippen LogP contribution in [-0.4, -0.2) is 41.1 Å². The molecule has 3 saturated carbocycles. The van der Waals surface area contributed by atoms with Crippen LogP contribution < -0.4 is 0 Å². The molecule has 4 aliphatic rings. The van der Waals surface area contributed by atoms with Crippen molar-refractivity contribution in [3.8, 4) is 0 Å². The molecule has 0 radical (unpaired) electrons. The van der Waals surface area contributed by atoms with Crippen molar-refractivity contribution in [3.05, 3.63) is 23.8 Å². The van der Waals surface area contributed by atoms with Crippen molar-refractivity contribution < 1.29 is 29.0 Å². The number of methoxy groups -OCH3 is 1. The van der Waals surface area contributed by atoms with Crippen LogP contribution in [0.2, 0.25) is 0 Å². The van der Waals surface area contributed by atoms with Crippen molar-refractivity contribution in [1.29, 1.82) is 0 Å². The maximum absolute atomic E-state index is 13.4. The van der Waals surface area contributed by atoms with Crippen LogP contribution in [0.25, 0.3) is 0 Å². The van der Waals surface area contributed by atoms with Crippen LogP contribution in [-0.2, 0) is 23.9 Å². The fourth-order valence-corrected chi connectivity index (χ4v) is 6.84. The topological polar surface area (TPSA) is 97.7 Å². The van der Waals surface area contributed by atoms with Crippen LogP contribution in [0.4, 0.5) is 0 Å². The number of fused-ring (bicyclic) bond motifs is 5. The maximum Gasteiger partial charge on any atom is 0.313 e. The van der Waals surface area contributed by atoms with Gasteiger partial charge in [-0.15, -0.1) is 0 Å². The highest BCUT2D eigenvalue weighted by Crippen LogP contribution is 2.66. The summed E-state index contributed by atoms with van der Waals surface area (Å²) in [6.07, 6.45) is 7.13. The average molecular weight is 400 g/mol. The highest BCUT2D eigenvalue weighted by atomic mass is 16.5. The molecule has 156 valence electrons. The Labute approximate surface area is 170 Å². The molecule has 0 aliphatic heterocycles. The summed E-state index contributed by atoms with van der Waals surface area (Å²) in [5, 5.41) is 11.4. The summed E-state index contributed by atoms with van der Waals surface area (Å²) in [5.74, 6) is -1.41. The lowest BCUT2D eigenvalue weighted by Crippen LogP contribution is -2.60. The SMILES string of the molecule is COC(=O)CC(=O)[C@]1(O)CC[C@@H]2[C@H]3CCC4=CC(=O)C=C[C@]4(C)[C@@H]3C(=O)C[C@]21C. The molecule has 4 aliphatic carbocycles. The molecule has 29 heavy (non-hydrogen) atoms. The van der Waals surface area contributed by atoms with Gasteiger partial charge in [0.15, 0.2) is 11.6 Å². The minimum Gasteiger partial charge on any atom is -0.469 e. The van der Waals surface area contributed by atoms with Crippen LogP contribution >= 0.6 is 0 Å². The molecule has 4 rings (SSSR count). The first-order valence-corrected chi connectivity index (χ1v) is 10.4. The zero-order valence-corrected chi connectivity index (χ0v) is 17.2. The second-order valence-corrected chi connectivity index (χ2v) is 9.61. The third-order valence-corrected chi connectivity index (χ3v) is 8.40. The van der Waals surface area contributed by atoms with E-state index in [1.165, 1.54) is 7.11 Å². The molecular formula is C23H28O6. The molecule has 0 amide bonds. The summed E-state index contributed by atoms with van der Waals surface area (Å²) in [6, 6.07) is 0. The molecule has 6 heteroatoms. The molecular weight excluding hydrogens is 372 g/mol. The van der Waals surface area contributed by atoms with Crippen LogP contribution in [0.15, 0.2) is 23.8 Å². The van der Waals surface area contributed by atoms with E-state index in [-0.39, 0.29) is 42.2 Å². The highest BCUT2D eigenvalue weighted by molar-refractivity contribution is 6.03. The number of Topliss-reactive ketones (excluding diaryl/α,β-unsaturated/α-hetero) is 2. The van der Waals surface area contributed by atoms with Crippen LogP contribution in [0, 0.1) is 28.6 Å². The molecule has 0 aromatic heterocycles. The van der Waals surface area contributed by atoms with Gasteiger partial charge >= 0.3 is 5.97 Å². The average Bonchev–Trinajstić information content (AvgIpc) is 2.93. The Bertz CT molecular complexity index is 869. The molecule has 3 fully saturated rings. The number of rotatable bonds is 3. The minimum atomic E-state index is -1.69. The van der Waals surface area contributed by atoms with E-state index in [9.17, 15) is 24.3 Å². The van der Waals surface area contributed by atoms with E-state index in [0.29, 0.717) is 6.42 Å². The van der Waals surface area contributed by atoms with E-state index in [1.807, 2.05) is 19.9 Å². The molecule has 0 saturated heterocycles. The predicted octanol–water partition coefficient (Wildman–Crippen LogP) is 2.34. The number of carbonyl (C=O) groups excluding carboxylic acids is 4. The first-order chi connectivity index (χ1) is 13.6. The summed E-state index contributed by atoms with van der Waals surface area (Å²) in [6.45, 7) is 3.87. The summed E-state index contributed by atoms with van der Waals surface area (Å²) in [4.78, 5) is 49.8. The zero-order chi connectivity index (χ0) is 21.2. The summed E-state index contributed by atoms with van der Waals surface area (Å²) < 4.78 is 4.60. The van der Waals surface area contributed by atoms with Gasteiger partial charge in [-0.3, -0.25) is 19.2 Å². The number of ketones is 3. The number of hydrogen-bond donors (Lipinski definition) is 1. The third-order valence-electron chi connectivity index (χ3n) is 8.40. The fraction of sp³-hybridized carbons (Fsp3) is 0.652. The van der Waals surface area contributed by atoms with E-state index in [2.05, 4.69) is 4.74 Å². The van der Waals surface area contributed by atoms with Crippen LogP contribution in [0.5, 0.6) is 0 Å². The molecule has 6 atom stereocenters. The second kappa shape index (κ2) is 6.46. The van der Waals surface area contributed by atoms with E-state index >= 15 is 0 Å². The van der Waals surface area contributed by atoms with E-state index < -0.39 is 34.6 Å². The number of esters is 1. The predicted molar refractivity (Wildman–Crippen MR) is 104 cm³/mol. The van der Waals surface area contributed by atoms with E-state index in [4.69, 9.17) is 0 Å². The van der Waals surface area contributed by atoms with Crippen molar-refractivity contribution in [3.63, 3.8) is 0 Å². The molecule has 6 nitrogen and oxygen atoms in total. The van der Waals surface area contributed by atoms with Gasteiger partial charge in [-0.25, -0.2) is 0 Å². The smallest absolute Gasteiger partial charge is 0.313 e. The van der Waals surface area contributed by atoms with E-state index in [1.54, 1.807) is 12.2 Å². The van der Waals surface area contributed by atoms with Gasteiger partial charge in [0.05, 0.1) is 7.11 Å². The lowest BCUT2D eigenvalue weighted by Gasteiger charge is -2.56. The number of carbonyl (C=O) groups is 4. The Morgan fingerprint density at radius 1 is 1.24 bits per heavy atom. The molecule has 0 heterocycles. The maximum atomic E-state index is 13.4. The number of hydrogen-bond acceptors (Lipinski definition) is 6. The summed E-state index contributed by atoms with van der Waals surface area (Å²) in [5.41, 5.74) is -2.05. The first-order valence-electron chi connectivity index (χ1n) is 10.4. The van der Waals surface area contributed by atoms with Crippen LogP contribution in [0.3, 0.4) is 0 Å². The normalized spacial score (nSPS) is 43.2. The first kappa shape index (κ1) is 20.2. The van der Waals surface area contributed by atoms with Gasteiger partial charge in [0.2, 0.25) is 0 Å². The molecule has 0 aromatic carbocycles. The molecule has 0 unspecified atom stereocenters. The molecule has 1 N–H and O–H groups in total. The van der Waals surface area contributed by atoms with Crippen LogP contribution in [0.1, 0.15) is 52.4 Å². The number of aliphatic hydroxyl groups is 1. The van der Waals surface area contributed by atoms with Gasteiger partial charge in [0.25, 0.3) is 0 Å². The van der Waals surface area contributed by atoms with E-state index in [0.717, 1.165) is 18.4 Å². The zero-order valence-electron chi connectivity index (χ0n) is 17.2. The second-order valence-electron chi connectivity index (χ2n) is 9.61. The van der Waals surface area contributed by atoms with Gasteiger partial charge in [-0.2, -0.15) is 0 Å². The summed E-state index contributed by atoms with van der Waals surface area (Å²) in [7, 11) is 1.21. The largest absolute Gasteiger partial charge is 0.469 e. The molecule has 0 spiro atoms. The Kier molecular flexibility index (Phi) is 4.50. The molecule has 0 aromatic rings. The van der Waals surface area contributed by atoms with Gasteiger partial charge in [-0.05, 0) is 49.7 Å². The van der Waals surface area contributed by atoms with Gasteiger partial charge < -0.3 is 9.84 Å². The highest BCUT2D eigenvalue weighted by Gasteiger charge is 2.68. The standard InChI is InChI=1S/C23H28O6/c1-21-8-6-14(24)10-13(21)4-5-15-16-7-9-23(28,18(26)11-19(27)29-3)22(16,2)12-17(25)20(15)21/h6,8,10,15-16,20,28H,4-5,7,9,11-12H2,1-3H3/t15-,16-,20+,21+,22-,23-/m1/s1. The van der Waals surface area contributed by atoms with Crippen molar-refractivity contribution in [2.75, 3.05) is 7.11 Å². The van der Waals surface area contributed by atoms with Crippen molar-refractivity contribution >= 4 is 23.3 Å². The molecule has 0 bridgehead atoms.